The van der Waals surface area contributed by atoms with Gasteiger partial charge in [0, 0.05) is 28.5 Å². The van der Waals surface area contributed by atoms with Crippen LogP contribution in [0.2, 0.25) is 5.02 Å². The number of halogens is 3. The Morgan fingerprint density at radius 2 is 2.15 bits per heavy atom. The molecule has 0 aliphatic heterocycles. The number of hydrogen-bond donors (Lipinski definition) is 1. The van der Waals surface area contributed by atoms with Crippen LogP contribution in [0.15, 0.2) is 41.1 Å². The van der Waals surface area contributed by atoms with Crippen LogP contribution in [0.3, 0.4) is 0 Å². The van der Waals surface area contributed by atoms with Crippen LogP contribution >= 0.6 is 27.5 Å². The SMILES string of the molecule is Cc1cc(NC(=O)C(C)(C)n2cc(Br)cn2)nn1Cc1c(F)cccc1Cl. The Hall–Kier alpha value is -2.19. The van der Waals surface area contributed by atoms with Crippen molar-refractivity contribution < 1.29 is 9.18 Å². The molecule has 0 radical (unpaired) electrons. The van der Waals surface area contributed by atoms with Crippen LogP contribution in [-0.2, 0) is 16.9 Å². The Morgan fingerprint density at radius 3 is 2.78 bits per heavy atom. The maximum absolute atomic E-state index is 14.0. The molecule has 3 aromatic rings. The molecule has 0 saturated carbocycles. The summed E-state index contributed by atoms with van der Waals surface area (Å²) >= 11 is 9.41. The van der Waals surface area contributed by atoms with E-state index >= 15 is 0 Å². The molecule has 1 aromatic carbocycles. The molecule has 6 nitrogen and oxygen atoms in total. The molecular weight excluding hydrogens is 437 g/mol. The van der Waals surface area contributed by atoms with Crippen molar-refractivity contribution in [1.29, 1.82) is 0 Å². The van der Waals surface area contributed by atoms with Crippen molar-refractivity contribution in [3.63, 3.8) is 0 Å². The van der Waals surface area contributed by atoms with Crippen molar-refractivity contribution >= 4 is 39.3 Å². The minimum atomic E-state index is -0.918. The zero-order chi connectivity index (χ0) is 19.8. The number of rotatable bonds is 5. The molecule has 0 spiro atoms. The van der Waals surface area contributed by atoms with Gasteiger partial charge in [0.2, 0.25) is 0 Å². The fourth-order valence-electron chi connectivity index (χ4n) is 2.54. The lowest BCUT2D eigenvalue weighted by atomic mass is 10.1. The van der Waals surface area contributed by atoms with Crippen molar-refractivity contribution in [2.24, 2.45) is 0 Å². The molecule has 0 bridgehead atoms. The lowest BCUT2D eigenvalue weighted by Gasteiger charge is -2.23. The van der Waals surface area contributed by atoms with Crippen molar-refractivity contribution in [2.45, 2.75) is 32.9 Å². The Morgan fingerprint density at radius 1 is 1.41 bits per heavy atom. The highest BCUT2D eigenvalue weighted by atomic mass is 79.9. The van der Waals surface area contributed by atoms with Gasteiger partial charge < -0.3 is 5.32 Å². The number of aryl methyl sites for hydroxylation is 1. The van der Waals surface area contributed by atoms with Crippen molar-refractivity contribution in [3.8, 4) is 0 Å². The van der Waals surface area contributed by atoms with Gasteiger partial charge in [-0.05, 0) is 48.8 Å². The second-order valence-electron chi connectivity index (χ2n) is 6.65. The van der Waals surface area contributed by atoms with Crippen LogP contribution in [0.5, 0.6) is 0 Å². The summed E-state index contributed by atoms with van der Waals surface area (Å²) in [5.41, 5.74) is 0.202. The largest absolute Gasteiger partial charge is 0.307 e. The van der Waals surface area contributed by atoms with E-state index in [1.54, 1.807) is 53.8 Å². The van der Waals surface area contributed by atoms with Crippen molar-refractivity contribution in [2.75, 3.05) is 5.32 Å². The average molecular weight is 455 g/mol. The quantitative estimate of drug-likeness (QED) is 0.623. The molecular formula is C18H18BrClFN5O. The number of hydrogen-bond acceptors (Lipinski definition) is 3. The zero-order valence-electron chi connectivity index (χ0n) is 15.0. The first-order valence-corrected chi connectivity index (χ1v) is 9.35. The number of nitrogens with one attached hydrogen (secondary N) is 1. The van der Waals surface area contributed by atoms with Crippen molar-refractivity contribution in [1.82, 2.24) is 19.6 Å². The van der Waals surface area contributed by atoms with Crippen LogP contribution in [0.1, 0.15) is 25.1 Å². The van der Waals surface area contributed by atoms with Gasteiger partial charge >= 0.3 is 0 Å². The highest BCUT2D eigenvalue weighted by Crippen LogP contribution is 2.23. The number of nitrogens with zero attached hydrogens (tertiary/aromatic N) is 4. The first kappa shape index (κ1) is 19.6. The van der Waals surface area contributed by atoms with E-state index in [9.17, 15) is 9.18 Å². The van der Waals surface area contributed by atoms with Crippen LogP contribution in [-0.4, -0.2) is 25.5 Å². The minimum Gasteiger partial charge on any atom is -0.307 e. The molecule has 0 unspecified atom stereocenters. The summed E-state index contributed by atoms with van der Waals surface area (Å²) in [5.74, 6) is -0.288. The normalized spacial score (nSPS) is 11.6. The van der Waals surface area contributed by atoms with Gasteiger partial charge in [0.05, 0.1) is 17.2 Å². The Kier molecular flexibility index (Phi) is 5.39. The predicted octanol–water partition coefficient (Wildman–Crippen LogP) is 4.37. The first-order chi connectivity index (χ1) is 12.7. The predicted molar refractivity (Wildman–Crippen MR) is 105 cm³/mol. The van der Waals surface area contributed by atoms with E-state index in [4.69, 9.17) is 11.6 Å². The van der Waals surface area contributed by atoms with Gasteiger partial charge in [-0.2, -0.15) is 10.2 Å². The molecule has 0 fully saturated rings. The smallest absolute Gasteiger partial charge is 0.252 e. The van der Waals surface area contributed by atoms with Crippen LogP contribution in [0, 0.1) is 12.7 Å². The van der Waals surface area contributed by atoms with E-state index in [1.165, 1.54) is 6.07 Å². The minimum absolute atomic E-state index is 0.169. The van der Waals surface area contributed by atoms with Crippen molar-refractivity contribution in [3.05, 3.63) is 63.2 Å². The number of anilines is 1. The molecule has 1 amide bonds. The Balaban J connectivity index is 1.79. The third kappa shape index (κ3) is 4.06. The molecule has 2 aromatic heterocycles. The monoisotopic (exact) mass is 453 g/mol. The summed E-state index contributed by atoms with van der Waals surface area (Å²) < 4.78 is 18.0. The second kappa shape index (κ2) is 7.44. The van der Waals surface area contributed by atoms with Gasteiger partial charge in [0.1, 0.15) is 11.4 Å². The molecule has 0 atom stereocenters. The number of carbonyl (C=O) groups excluding carboxylic acids is 1. The van der Waals surface area contributed by atoms with Crippen LogP contribution < -0.4 is 5.32 Å². The third-order valence-electron chi connectivity index (χ3n) is 4.27. The van der Waals surface area contributed by atoms with E-state index in [0.29, 0.717) is 16.4 Å². The standard InChI is InChI=1S/C18H18BrClFN5O/c1-11-7-16(23-17(27)18(2,3)26-9-12(19)8-22-26)24-25(11)10-13-14(20)5-4-6-15(13)21/h4-9H,10H2,1-3H3,(H,23,24,27). The number of carbonyl (C=O) groups is 1. The molecule has 0 aliphatic rings. The fourth-order valence-corrected chi connectivity index (χ4v) is 3.05. The molecule has 27 heavy (non-hydrogen) atoms. The van der Waals surface area contributed by atoms with Gasteiger partial charge in [0.15, 0.2) is 5.82 Å². The first-order valence-electron chi connectivity index (χ1n) is 8.18. The highest BCUT2D eigenvalue weighted by Gasteiger charge is 2.31. The van der Waals surface area contributed by atoms with Gasteiger partial charge in [-0.25, -0.2) is 4.39 Å². The fraction of sp³-hybridized carbons (Fsp3) is 0.278. The summed E-state index contributed by atoms with van der Waals surface area (Å²) in [6.45, 7) is 5.51. The zero-order valence-corrected chi connectivity index (χ0v) is 17.3. The lowest BCUT2D eigenvalue weighted by Crippen LogP contribution is -2.40. The molecule has 9 heteroatoms. The molecule has 2 heterocycles. The molecule has 3 rings (SSSR count). The number of aromatic nitrogens is 4. The third-order valence-corrected chi connectivity index (χ3v) is 5.04. The average Bonchev–Trinajstić information content (AvgIpc) is 3.17. The van der Waals surface area contributed by atoms with Gasteiger partial charge in [-0.15, -0.1) is 0 Å². The maximum atomic E-state index is 14.0. The molecule has 142 valence electrons. The summed E-state index contributed by atoms with van der Waals surface area (Å²) in [6.07, 6.45) is 3.34. The van der Waals surface area contributed by atoms with Gasteiger partial charge in [-0.3, -0.25) is 14.2 Å². The summed E-state index contributed by atoms with van der Waals surface area (Å²) in [4.78, 5) is 12.7. The van der Waals surface area contributed by atoms with E-state index in [0.717, 1.165) is 10.2 Å². The summed E-state index contributed by atoms with van der Waals surface area (Å²) in [5, 5.41) is 11.7. The van der Waals surface area contributed by atoms with Gasteiger partial charge in [0.25, 0.3) is 5.91 Å². The Labute approximate surface area is 169 Å². The van der Waals surface area contributed by atoms with E-state index in [2.05, 4.69) is 31.4 Å². The lowest BCUT2D eigenvalue weighted by molar-refractivity contribution is -0.123. The molecule has 0 aliphatic carbocycles. The van der Waals surface area contributed by atoms with E-state index in [-0.39, 0.29) is 12.5 Å². The van der Waals surface area contributed by atoms with Crippen LogP contribution in [0.4, 0.5) is 10.2 Å². The highest BCUT2D eigenvalue weighted by molar-refractivity contribution is 9.10. The Bertz CT molecular complexity index is 977. The maximum Gasteiger partial charge on any atom is 0.252 e. The topological polar surface area (TPSA) is 64.7 Å². The molecule has 0 saturated heterocycles. The molecule has 1 N–H and O–H groups in total. The van der Waals surface area contributed by atoms with Gasteiger partial charge in [-0.1, -0.05) is 17.7 Å². The van der Waals surface area contributed by atoms with E-state index in [1.807, 2.05) is 6.92 Å². The number of amides is 1. The second-order valence-corrected chi connectivity index (χ2v) is 7.97. The number of benzene rings is 1. The van der Waals surface area contributed by atoms with E-state index < -0.39 is 11.4 Å². The van der Waals surface area contributed by atoms with Crippen LogP contribution in [0.25, 0.3) is 0 Å². The summed E-state index contributed by atoms with van der Waals surface area (Å²) in [6, 6.07) is 6.26. The summed E-state index contributed by atoms with van der Waals surface area (Å²) in [7, 11) is 0.